The van der Waals surface area contributed by atoms with Crippen molar-refractivity contribution in [1.82, 2.24) is 19.7 Å². The smallest absolute Gasteiger partial charge is 0.195 e. The minimum absolute atomic E-state index is 0.776. The molecule has 106 valence electrons. The second kappa shape index (κ2) is 5.97. The third-order valence-electron chi connectivity index (χ3n) is 3.07. The number of pyridine rings is 1. The quantitative estimate of drug-likeness (QED) is 0.693. The van der Waals surface area contributed by atoms with Crippen LogP contribution in [-0.2, 0) is 0 Å². The first-order valence-corrected chi connectivity index (χ1v) is 7.60. The Kier molecular flexibility index (Phi) is 3.87. The number of benzene rings is 1. The molecule has 3 rings (SSSR count). The van der Waals surface area contributed by atoms with Gasteiger partial charge in [0.2, 0.25) is 0 Å². The van der Waals surface area contributed by atoms with E-state index in [-0.39, 0.29) is 0 Å². The van der Waals surface area contributed by atoms with Crippen LogP contribution in [0.1, 0.15) is 0 Å². The lowest BCUT2D eigenvalue weighted by Gasteiger charge is -2.10. The monoisotopic (exact) mass is 298 g/mol. The minimum Gasteiger partial charge on any atom is -0.497 e. The van der Waals surface area contributed by atoms with Crippen molar-refractivity contribution in [1.29, 1.82) is 0 Å². The van der Waals surface area contributed by atoms with Crippen molar-refractivity contribution in [3.05, 3.63) is 48.8 Å². The van der Waals surface area contributed by atoms with Gasteiger partial charge in [0.05, 0.1) is 7.11 Å². The van der Waals surface area contributed by atoms with Gasteiger partial charge in [-0.1, -0.05) is 11.8 Å². The molecule has 0 unspecified atom stereocenters. The van der Waals surface area contributed by atoms with Gasteiger partial charge in [0.15, 0.2) is 11.0 Å². The van der Waals surface area contributed by atoms with E-state index in [0.717, 1.165) is 28.0 Å². The van der Waals surface area contributed by atoms with Crippen molar-refractivity contribution in [3.8, 4) is 22.8 Å². The highest BCUT2D eigenvalue weighted by Gasteiger charge is 2.15. The van der Waals surface area contributed by atoms with E-state index in [1.54, 1.807) is 31.3 Å². The average molecular weight is 298 g/mol. The van der Waals surface area contributed by atoms with E-state index < -0.39 is 0 Å². The Morgan fingerprint density at radius 1 is 1.10 bits per heavy atom. The van der Waals surface area contributed by atoms with E-state index in [9.17, 15) is 0 Å². The summed E-state index contributed by atoms with van der Waals surface area (Å²) in [7, 11) is 1.65. The molecule has 0 bridgehead atoms. The van der Waals surface area contributed by atoms with E-state index in [0.29, 0.717) is 0 Å². The summed E-state index contributed by atoms with van der Waals surface area (Å²) in [6.07, 6.45) is 5.51. The third kappa shape index (κ3) is 2.62. The second-order valence-electron chi connectivity index (χ2n) is 4.29. The summed E-state index contributed by atoms with van der Waals surface area (Å²) in [5.41, 5.74) is 1.92. The Hall–Kier alpha value is -2.34. The molecular formula is C15H14N4OS. The van der Waals surface area contributed by atoms with E-state index >= 15 is 0 Å². The summed E-state index contributed by atoms with van der Waals surface area (Å²) in [6, 6.07) is 11.7. The fourth-order valence-electron chi connectivity index (χ4n) is 2.05. The van der Waals surface area contributed by atoms with Gasteiger partial charge >= 0.3 is 0 Å². The molecule has 2 aromatic heterocycles. The molecule has 2 heterocycles. The summed E-state index contributed by atoms with van der Waals surface area (Å²) in [6.45, 7) is 0. The van der Waals surface area contributed by atoms with Gasteiger partial charge in [0, 0.05) is 23.6 Å². The number of hydrogen-bond donors (Lipinski definition) is 0. The SMILES string of the molecule is COc1ccc(-n2c(SC)nnc2-c2cccnc2)cc1. The molecule has 0 radical (unpaired) electrons. The molecule has 0 aliphatic carbocycles. The number of methoxy groups -OCH3 is 1. The molecule has 3 aromatic rings. The van der Waals surface area contributed by atoms with Crippen molar-refractivity contribution in [3.63, 3.8) is 0 Å². The predicted molar refractivity (Wildman–Crippen MR) is 82.9 cm³/mol. The van der Waals surface area contributed by atoms with Crippen LogP contribution in [0.15, 0.2) is 53.9 Å². The zero-order valence-corrected chi connectivity index (χ0v) is 12.5. The molecule has 5 nitrogen and oxygen atoms in total. The fourth-order valence-corrected chi connectivity index (χ4v) is 2.55. The van der Waals surface area contributed by atoms with Crippen LogP contribution in [0.25, 0.3) is 17.1 Å². The minimum atomic E-state index is 0.776. The molecule has 0 fully saturated rings. The molecule has 0 aliphatic heterocycles. The lowest BCUT2D eigenvalue weighted by Crippen LogP contribution is -1.99. The lowest BCUT2D eigenvalue weighted by atomic mass is 10.2. The topological polar surface area (TPSA) is 52.8 Å². The third-order valence-corrected chi connectivity index (χ3v) is 3.70. The summed E-state index contributed by atoms with van der Waals surface area (Å²) < 4.78 is 7.22. The number of thioether (sulfide) groups is 1. The van der Waals surface area contributed by atoms with Crippen LogP contribution >= 0.6 is 11.8 Å². The van der Waals surface area contributed by atoms with Gasteiger partial charge in [0.25, 0.3) is 0 Å². The highest BCUT2D eigenvalue weighted by molar-refractivity contribution is 7.98. The maximum absolute atomic E-state index is 5.20. The lowest BCUT2D eigenvalue weighted by molar-refractivity contribution is 0.414. The first-order valence-electron chi connectivity index (χ1n) is 6.37. The standard InChI is InChI=1S/C15H14N4OS/c1-20-13-7-5-12(6-8-13)19-14(17-18-15(19)21-2)11-4-3-9-16-10-11/h3-10H,1-2H3. The molecule has 0 saturated heterocycles. The molecule has 1 aromatic carbocycles. The van der Waals surface area contributed by atoms with Crippen molar-refractivity contribution in [2.45, 2.75) is 5.16 Å². The number of hydrogen-bond acceptors (Lipinski definition) is 5. The van der Waals surface area contributed by atoms with Gasteiger partial charge in [0.1, 0.15) is 5.75 Å². The van der Waals surface area contributed by atoms with E-state index in [1.165, 1.54) is 0 Å². The van der Waals surface area contributed by atoms with Crippen LogP contribution in [0, 0.1) is 0 Å². The average Bonchev–Trinajstić information content (AvgIpc) is 2.99. The Bertz CT molecular complexity index is 725. The highest BCUT2D eigenvalue weighted by Crippen LogP contribution is 2.27. The van der Waals surface area contributed by atoms with E-state index in [4.69, 9.17) is 4.74 Å². The summed E-state index contributed by atoms with van der Waals surface area (Å²) >= 11 is 1.55. The zero-order valence-electron chi connectivity index (χ0n) is 11.7. The van der Waals surface area contributed by atoms with E-state index in [1.807, 2.05) is 47.2 Å². The second-order valence-corrected chi connectivity index (χ2v) is 5.06. The molecule has 0 saturated carbocycles. The Labute approximate surface area is 127 Å². The van der Waals surface area contributed by atoms with Crippen LogP contribution in [0.4, 0.5) is 0 Å². The Balaban J connectivity index is 2.13. The Morgan fingerprint density at radius 3 is 2.52 bits per heavy atom. The van der Waals surface area contributed by atoms with Gasteiger partial charge in [-0.15, -0.1) is 10.2 Å². The van der Waals surface area contributed by atoms with Gasteiger partial charge in [-0.25, -0.2) is 0 Å². The fraction of sp³-hybridized carbons (Fsp3) is 0.133. The summed E-state index contributed by atoms with van der Waals surface area (Å²) in [5, 5.41) is 9.38. The largest absolute Gasteiger partial charge is 0.497 e. The van der Waals surface area contributed by atoms with Crippen LogP contribution in [0.5, 0.6) is 5.75 Å². The van der Waals surface area contributed by atoms with E-state index in [2.05, 4.69) is 15.2 Å². The molecular weight excluding hydrogens is 284 g/mol. The predicted octanol–water partition coefficient (Wildman–Crippen LogP) is 3.06. The van der Waals surface area contributed by atoms with Gasteiger partial charge < -0.3 is 4.74 Å². The van der Waals surface area contributed by atoms with Crippen LogP contribution < -0.4 is 4.74 Å². The molecule has 21 heavy (non-hydrogen) atoms. The maximum Gasteiger partial charge on any atom is 0.195 e. The van der Waals surface area contributed by atoms with Crippen LogP contribution in [-0.4, -0.2) is 33.1 Å². The molecule has 0 aliphatic rings. The van der Waals surface area contributed by atoms with Gasteiger partial charge in [-0.2, -0.15) is 0 Å². The molecule has 0 amide bonds. The van der Waals surface area contributed by atoms with Gasteiger partial charge in [-0.3, -0.25) is 9.55 Å². The summed E-state index contributed by atoms with van der Waals surface area (Å²) in [4.78, 5) is 4.15. The zero-order chi connectivity index (χ0) is 14.7. The molecule has 6 heteroatoms. The van der Waals surface area contributed by atoms with Crippen molar-refractivity contribution in [2.75, 3.05) is 13.4 Å². The first-order chi connectivity index (χ1) is 10.3. The number of ether oxygens (including phenoxy) is 1. The first kappa shape index (κ1) is 13.6. The Morgan fingerprint density at radius 2 is 1.90 bits per heavy atom. The van der Waals surface area contributed by atoms with Crippen molar-refractivity contribution >= 4 is 11.8 Å². The van der Waals surface area contributed by atoms with Crippen LogP contribution in [0.3, 0.4) is 0 Å². The highest BCUT2D eigenvalue weighted by atomic mass is 32.2. The number of rotatable bonds is 4. The molecule has 0 atom stereocenters. The molecule has 0 N–H and O–H groups in total. The normalized spacial score (nSPS) is 10.6. The van der Waals surface area contributed by atoms with Crippen molar-refractivity contribution in [2.24, 2.45) is 0 Å². The number of aromatic nitrogens is 4. The summed E-state index contributed by atoms with van der Waals surface area (Å²) in [5.74, 6) is 1.60. The molecule has 0 spiro atoms. The van der Waals surface area contributed by atoms with Crippen molar-refractivity contribution < 1.29 is 4.74 Å². The maximum atomic E-state index is 5.20. The van der Waals surface area contributed by atoms with Crippen LogP contribution in [0.2, 0.25) is 0 Å². The number of nitrogens with zero attached hydrogens (tertiary/aromatic N) is 4. The van der Waals surface area contributed by atoms with Gasteiger partial charge in [-0.05, 0) is 42.7 Å².